The average Bonchev–Trinajstić information content (AvgIpc) is 2.37. The van der Waals surface area contributed by atoms with Crippen molar-refractivity contribution in [2.24, 2.45) is 5.92 Å². The Bertz CT molecular complexity index is 205. The molecule has 0 aromatic carbocycles. The van der Waals surface area contributed by atoms with E-state index in [-0.39, 0.29) is 0 Å². The molecular weight excluding hydrogens is 220 g/mol. The minimum atomic E-state index is 0.699. The third kappa shape index (κ3) is 4.89. The summed E-state index contributed by atoms with van der Waals surface area (Å²) in [6, 6.07) is 1.45. The van der Waals surface area contributed by atoms with Gasteiger partial charge in [-0.1, -0.05) is 34.1 Å². The van der Waals surface area contributed by atoms with Crippen LogP contribution in [-0.4, -0.2) is 36.6 Å². The Kier molecular flexibility index (Phi) is 7.92. The van der Waals surface area contributed by atoms with Crippen molar-refractivity contribution < 1.29 is 0 Å². The number of likely N-dealkylation sites (tertiary alicyclic amines) is 1. The van der Waals surface area contributed by atoms with Crippen LogP contribution in [0.25, 0.3) is 0 Å². The molecule has 18 heavy (non-hydrogen) atoms. The first kappa shape index (κ1) is 16.0. The average molecular weight is 254 g/mol. The largest absolute Gasteiger partial charge is 0.312 e. The van der Waals surface area contributed by atoms with Crippen molar-refractivity contribution in [1.82, 2.24) is 10.2 Å². The molecule has 0 amide bonds. The van der Waals surface area contributed by atoms with Gasteiger partial charge in [-0.2, -0.15) is 0 Å². The zero-order chi connectivity index (χ0) is 13.4. The molecule has 3 atom stereocenters. The van der Waals surface area contributed by atoms with Crippen molar-refractivity contribution in [2.45, 2.75) is 78.3 Å². The predicted molar refractivity (Wildman–Crippen MR) is 81.0 cm³/mol. The minimum Gasteiger partial charge on any atom is -0.312 e. The van der Waals surface area contributed by atoms with E-state index in [2.05, 4.69) is 37.9 Å². The molecule has 0 saturated carbocycles. The van der Waals surface area contributed by atoms with E-state index in [1.54, 1.807) is 0 Å². The highest BCUT2D eigenvalue weighted by atomic mass is 15.2. The van der Waals surface area contributed by atoms with Crippen LogP contribution in [0.2, 0.25) is 0 Å². The summed E-state index contributed by atoms with van der Waals surface area (Å²) in [5, 5.41) is 3.79. The van der Waals surface area contributed by atoms with Crippen molar-refractivity contribution in [3.63, 3.8) is 0 Å². The van der Waals surface area contributed by atoms with E-state index in [4.69, 9.17) is 0 Å². The molecule has 2 heteroatoms. The molecule has 2 nitrogen and oxygen atoms in total. The van der Waals surface area contributed by atoms with Gasteiger partial charge in [0.05, 0.1) is 0 Å². The van der Waals surface area contributed by atoms with Gasteiger partial charge in [-0.3, -0.25) is 4.90 Å². The summed E-state index contributed by atoms with van der Waals surface area (Å²) in [4.78, 5) is 2.76. The predicted octanol–water partition coefficient (Wildman–Crippen LogP) is 3.67. The second-order valence-corrected chi connectivity index (χ2v) is 6.07. The molecule has 0 aromatic heterocycles. The van der Waals surface area contributed by atoms with Gasteiger partial charge in [0.25, 0.3) is 0 Å². The molecule has 1 aliphatic rings. The van der Waals surface area contributed by atoms with Crippen molar-refractivity contribution in [2.75, 3.05) is 19.6 Å². The molecule has 1 aliphatic heterocycles. The summed E-state index contributed by atoms with van der Waals surface area (Å²) in [7, 11) is 0. The van der Waals surface area contributed by atoms with E-state index in [1.165, 1.54) is 58.2 Å². The lowest BCUT2D eigenvalue weighted by molar-refractivity contribution is 0.0971. The second-order valence-electron chi connectivity index (χ2n) is 6.07. The van der Waals surface area contributed by atoms with E-state index >= 15 is 0 Å². The molecule has 1 fully saturated rings. The van der Waals surface area contributed by atoms with E-state index in [0.717, 1.165) is 12.0 Å². The van der Waals surface area contributed by atoms with Gasteiger partial charge in [0.15, 0.2) is 0 Å². The fourth-order valence-corrected chi connectivity index (χ4v) is 3.40. The highest BCUT2D eigenvalue weighted by molar-refractivity contribution is 4.86. The number of rotatable bonds is 8. The molecule has 0 spiro atoms. The maximum Gasteiger partial charge on any atom is 0.0246 e. The Morgan fingerprint density at radius 1 is 1.22 bits per heavy atom. The number of hydrogen-bond acceptors (Lipinski definition) is 2. The molecule has 0 aromatic rings. The van der Waals surface area contributed by atoms with Gasteiger partial charge >= 0.3 is 0 Å². The third-order valence-electron chi connectivity index (χ3n) is 4.30. The lowest BCUT2D eigenvalue weighted by Gasteiger charge is -2.41. The van der Waals surface area contributed by atoms with Crippen LogP contribution in [0.1, 0.15) is 66.2 Å². The SMILES string of the molecule is CCCNC(CCC)C(CC)N1CCCC(C)C1. The fraction of sp³-hybridized carbons (Fsp3) is 1.00. The van der Waals surface area contributed by atoms with E-state index in [1.807, 2.05) is 0 Å². The second kappa shape index (κ2) is 8.92. The highest BCUT2D eigenvalue weighted by Crippen LogP contribution is 2.22. The molecule has 108 valence electrons. The lowest BCUT2D eigenvalue weighted by atomic mass is 9.93. The van der Waals surface area contributed by atoms with Crippen LogP contribution >= 0.6 is 0 Å². The smallest absolute Gasteiger partial charge is 0.0246 e. The number of nitrogens with zero attached hydrogens (tertiary/aromatic N) is 1. The van der Waals surface area contributed by atoms with Crippen molar-refractivity contribution in [3.8, 4) is 0 Å². The fourth-order valence-electron chi connectivity index (χ4n) is 3.40. The number of nitrogens with one attached hydrogen (secondary N) is 1. The first-order chi connectivity index (χ1) is 8.72. The van der Waals surface area contributed by atoms with Gasteiger partial charge in [-0.15, -0.1) is 0 Å². The van der Waals surface area contributed by atoms with Crippen LogP contribution in [0.5, 0.6) is 0 Å². The molecule has 1 N–H and O–H groups in total. The topological polar surface area (TPSA) is 15.3 Å². The van der Waals surface area contributed by atoms with Crippen LogP contribution in [-0.2, 0) is 0 Å². The minimum absolute atomic E-state index is 0.699. The van der Waals surface area contributed by atoms with Crippen LogP contribution in [0, 0.1) is 5.92 Å². The maximum atomic E-state index is 3.79. The van der Waals surface area contributed by atoms with Crippen molar-refractivity contribution in [1.29, 1.82) is 0 Å². The summed E-state index contributed by atoms with van der Waals surface area (Å²) >= 11 is 0. The summed E-state index contributed by atoms with van der Waals surface area (Å²) < 4.78 is 0. The summed E-state index contributed by atoms with van der Waals surface area (Å²) in [6.07, 6.45) is 7.96. The highest BCUT2D eigenvalue weighted by Gasteiger charge is 2.28. The Balaban J connectivity index is 2.58. The zero-order valence-corrected chi connectivity index (χ0v) is 13.0. The number of piperidine rings is 1. The maximum absolute atomic E-state index is 3.79. The van der Waals surface area contributed by atoms with Gasteiger partial charge in [0.1, 0.15) is 0 Å². The molecular formula is C16H34N2. The number of hydrogen-bond donors (Lipinski definition) is 1. The van der Waals surface area contributed by atoms with Crippen LogP contribution < -0.4 is 5.32 Å². The molecule has 0 aliphatic carbocycles. The Hall–Kier alpha value is -0.0800. The normalized spacial score (nSPS) is 25.0. The van der Waals surface area contributed by atoms with Gasteiger partial charge in [-0.05, 0) is 51.1 Å². The molecule has 0 radical (unpaired) electrons. The molecule has 1 rings (SSSR count). The third-order valence-corrected chi connectivity index (χ3v) is 4.30. The zero-order valence-electron chi connectivity index (χ0n) is 13.0. The van der Waals surface area contributed by atoms with Gasteiger partial charge in [0, 0.05) is 18.6 Å². The van der Waals surface area contributed by atoms with Crippen LogP contribution in [0.4, 0.5) is 0 Å². The Morgan fingerprint density at radius 3 is 2.56 bits per heavy atom. The quantitative estimate of drug-likeness (QED) is 0.711. The van der Waals surface area contributed by atoms with E-state index in [9.17, 15) is 0 Å². The first-order valence-corrected chi connectivity index (χ1v) is 8.20. The Morgan fingerprint density at radius 2 is 2.00 bits per heavy atom. The van der Waals surface area contributed by atoms with Gasteiger partial charge in [0.2, 0.25) is 0 Å². The lowest BCUT2D eigenvalue weighted by Crippen LogP contribution is -2.52. The van der Waals surface area contributed by atoms with E-state index in [0.29, 0.717) is 6.04 Å². The van der Waals surface area contributed by atoms with Crippen LogP contribution in [0.15, 0.2) is 0 Å². The summed E-state index contributed by atoms with van der Waals surface area (Å²) in [6.45, 7) is 13.1. The molecule has 0 bridgehead atoms. The van der Waals surface area contributed by atoms with Gasteiger partial charge < -0.3 is 5.32 Å². The van der Waals surface area contributed by atoms with Crippen LogP contribution in [0.3, 0.4) is 0 Å². The van der Waals surface area contributed by atoms with Gasteiger partial charge in [-0.25, -0.2) is 0 Å². The first-order valence-electron chi connectivity index (χ1n) is 8.20. The summed E-state index contributed by atoms with van der Waals surface area (Å²) in [5.74, 6) is 0.890. The van der Waals surface area contributed by atoms with Crippen molar-refractivity contribution >= 4 is 0 Å². The van der Waals surface area contributed by atoms with E-state index < -0.39 is 0 Å². The van der Waals surface area contributed by atoms with Crippen molar-refractivity contribution in [3.05, 3.63) is 0 Å². The molecule has 1 heterocycles. The standard InChI is InChI=1S/C16H34N2/c1-5-9-15(17-11-6-2)16(7-3)18-12-8-10-14(4)13-18/h14-17H,5-13H2,1-4H3. The Labute approximate surface area is 115 Å². The summed E-state index contributed by atoms with van der Waals surface area (Å²) in [5.41, 5.74) is 0. The molecule has 3 unspecified atom stereocenters. The monoisotopic (exact) mass is 254 g/mol. The molecule has 1 saturated heterocycles.